The highest BCUT2D eigenvalue weighted by Gasteiger charge is 2.07. The van der Waals surface area contributed by atoms with Crippen molar-refractivity contribution in [2.24, 2.45) is 0 Å². The number of rotatable bonds is 5. The molecule has 0 aliphatic heterocycles. The molecule has 0 saturated carbocycles. The number of benzene rings is 1. The largest absolute Gasteiger partial charge is 0.275 e. The first-order valence-corrected chi connectivity index (χ1v) is 5.94. The number of aryl methyl sites for hydroxylation is 1. The quantitative estimate of drug-likeness (QED) is 0.734. The molecule has 1 aromatic rings. The van der Waals surface area contributed by atoms with Crippen molar-refractivity contribution in [3.8, 4) is 0 Å². The summed E-state index contributed by atoms with van der Waals surface area (Å²) in [6.45, 7) is 4.35. The topological polar surface area (TPSA) is 29.5 Å². The van der Waals surface area contributed by atoms with Crippen LogP contribution in [0, 0.1) is 0 Å². The first kappa shape index (κ1) is 13.7. The van der Waals surface area contributed by atoms with Crippen LogP contribution >= 0.6 is 0 Å². The van der Waals surface area contributed by atoms with Crippen molar-refractivity contribution in [2.75, 3.05) is 14.2 Å². The van der Waals surface area contributed by atoms with Gasteiger partial charge in [0.05, 0.1) is 7.11 Å². The van der Waals surface area contributed by atoms with E-state index in [2.05, 4.69) is 38.1 Å². The zero-order chi connectivity index (χ0) is 12.8. The fourth-order valence-electron chi connectivity index (χ4n) is 1.58. The van der Waals surface area contributed by atoms with Gasteiger partial charge < -0.3 is 0 Å². The fourth-order valence-corrected chi connectivity index (χ4v) is 1.58. The van der Waals surface area contributed by atoms with E-state index in [9.17, 15) is 4.79 Å². The summed E-state index contributed by atoms with van der Waals surface area (Å²) < 4.78 is 0. The Hall–Kier alpha value is -1.35. The first-order chi connectivity index (χ1) is 8.04. The van der Waals surface area contributed by atoms with Crippen LogP contribution in [0.15, 0.2) is 24.3 Å². The average molecular weight is 235 g/mol. The van der Waals surface area contributed by atoms with Gasteiger partial charge in [-0.3, -0.25) is 9.63 Å². The number of hydroxylamine groups is 2. The Labute approximate surface area is 103 Å². The lowest BCUT2D eigenvalue weighted by atomic mass is 10.0. The van der Waals surface area contributed by atoms with Crippen molar-refractivity contribution in [1.29, 1.82) is 0 Å². The van der Waals surface area contributed by atoms with E-state index in [0.717, 1.165) is 6.42 Å². The monoisotopic (exact) mass is 235 g/mol. The summed E-state index contributed by atoms with van der Waals surface area (Å²) in [7, 11) is 3.12. The van der Waals surface area contributed by atoms with Crippen LogP contribution in [0.1, 0.15) is 37.3 Å². The van der Waals surface area contributed by atoms with E-state index in [1.165, 1.54) is 23.3 Å². The van der Waals surface area contributed by atoms with Crippen molar-refractivity contribution in [2.45, 2.75) is 32.6 Å². The summed E-state index contributed by atoms with van der Waals surface area (Å²) >= 11 is 0. The molecule has 3 heteroatoms. The predicted molar refractivity (Wildman–Crippen MR) is 68.6 cm³/mol. The average Bonchev–Trinajstić information content (AvgIpc) is 2.35. The van der Waals surface area contributed by atoms with Gasteiger partial charge in [-0.05, 0) is 23.5 Å². The highest BCUT2D eigenvalue weighted by molar-refractivity contribution is 5.75. The molecule has 0 radical (unpaired) electrons. The second-order valence-corrected chi connectivity index (χ2v) is 4.47. The highest BCUT2D eigenvalue weighted by Crippen LogP contribution is 2.15. The molecule has 0 heterocycles. The molecule has 0 bridgehead atoms. The minimum atomic E-state index is 0.000404. The standard InChI is InChI=1S/C14H21NO2/c1-11(2)13-8-5-12(6-9-13)7-10-14(16)15(3)17-4/h5-6,8-9,11H,7,10H2,1-4H3. The third-order valence-corrected chi connectivity index (χ3v) is 2.90. The molecule has 1 rings (SSSR count). The summed E-state index contributed by atoms with van der Waals surface area (Å²) in [6, 6.07) is 8.44. The lowest BCUT2D eigenvalue weighted by Crippen LogP contribution is -2.25. The molecule has 17 heavy (non-hydrogen) atoms. The van der Waals surface area contributed by atoms with Gasteiger partial charge in [-0.15, -0.1) is 0 Å². The first-order valence-electron chi connectivity index (χ1n) is 5.94. The van der Waals surface area contributed by atoms with Gasteiger partial charge in [-0.2, -0.15) is 0 Å². The van der Waals surface area contributed by atoms with Gasteiger partial charge >= 0.3 is 0 Å². The maximum atomic E-state index is 11.5. The van der Waals surface area contributed by atoms with Crippen molar-refractivity contribution in [3.05, 3.63) is 35.4 Å². The van der Waals surface area contributed by atoms with E-state index in [0.29, 0.717) is 12.3 Å². The van der Waals surface area contributed by atoms with Crippen LogP contribution in [0.5, 0.6) is 0 Å². The molecule has 0 atom stereocenters. The van der Waals surface area contributed by atoms with Gasteiger partial charge in [-0.1, -0.05) is 38.1 Å². The number of hydrogen-bond donors (Lipinski definition) is 0. The second-order valence-electron chi connectivity index (χ2n) is 4.47. The molecule has 0 fully saturated rings. The Balaban J connectivity index is 2.50. The van der Waals surface area contributed by atoms with Gasteiger partial charge in [0.2, 0.25) is 5.91 Å². The summed E-state index contributed by atoms with van der Waals surface area (Å²) in [5, 5.41) is 1.27. The maximum absolute atomic E-state index is 11.5. The van der Waals surface area contributed by atoms with E-state index in [1.807, 2.05) is 0 Å². The van der Waals surface area contributed by atoms with Crippen LogP contribution in [0.25, 0.3) is 0 Å². The molecule has 0 spiro atoms. The van der Waals surface area contributed by atoms with Crippen LogP contribution in [0.3, 0.4) is 0 Å². The SMILES string of the molecule is CON(C)C(=O)CCc1ccc(C(C)C)cc1. The van der Waals surface area contributed by atoms with Gasteiger partial charge in [0, 0.05) is 13.5 Å². The van der Waals surface area contributed by atoms with Gasteiger partial charge in [0.25, 0.3) is 0 Å². The third-order valence-electron chi connectivity index (χ3n) is 2.90. The molecule has 0 unspecified atom stereocenters. The molecule has 94 valence electrons. The zero-order valence-electron chi connectivity index (χ0n) is 11.1. The fraction of sp³-hybridized carbons (Fsp3) is 0.500. The minimum absolute atomic E-state index is 0.000404. The van der Waals surface area contributed by atoms with Crippen LogP contribution in [0.2, 0.25) is 0 Å². The highest BCUT2D eigenvalue weighted by atomic mass is 16.7. The Bertz CT molecular complexity index is 357. The number of nitrogens with zero attached hydrogens (tertiary/aromatic N) is 1. The second kappa shape index (κ2) is 6.40. The van der Waals surface area contributed by atoms with E-state index in [1.54, 1.807) is 7.05 Å². The molecule has 0 aliphatic rings. The van der Waals surface area contributed by atoms with E-state index in [4.69, 9.17) is 4.84 Å². The molecule has 0 aliphatic carbocycles. The summed E-state index contributed by atoms with van der Waals surface area (Å²) in [4.78, 5) is 16.4. The Morgan fingerprint density at radius 1 is 1.29 bits per heavy atom. The van der Waals surface area contributed by atoms with Crippen molar-refractivity contribution < 1.29 is 9.63 Å². The molecular weight excluding hydrogens is 214 g/mol. The van der Waals surface area contributed by atoms with Gasteiger partial charge in [0.1, 0.15) is 0 Å². The Morgan fingerprint density at radius 3 is 2.35 bits per heavy atom. The Kier molecular flexibility index (Phi) is 5.16. The molecule has 1 amide bonds. The van der Waals surface area contributed by atoms with Crippen LogP contribution < -0.4 is 0 Å². The minimum Gasteiger partial charge on any atom is -0.275 e. The number of amides is 1. The molecule has 0 saturated heterocycles. The number of hydrogen-bond acceptors (Lipinski definition) is 2. The molecule has 0 N–H and O–H groups in total. The lowest BCUT2D eigenvalue weighted by molar-refractivity contribution is -0.168. The van der Waals surface area contributed by atoms with Crippen molar-refractivity contribution in [3.63, 3.8) is 0 Å². The van der Waals surface area contributed by atoms with Gasteiger partial charge in [-0.25, -0.2) is 5.06 Å². The van der Waals surface area contributed by atoms with Crippen LogP contribution in [0.4, 0.5) is 0 Å². The molecule has 1 aromatic carbocycles. The molecule has 3 nitrogen and oxygen atoms in total. The summed E-state index contributed by atoms with van der Waals surface area (Å²) in [6.07, 6.45) is 1.23. The maximum Gasteiger partial charge on any atom is 0.246 e. The van der Waals surface area contributed by atoms with E-state index >= 15 is 0 Å². The van der Waals surface area contributed by atoms with Crippen molar-refractivity contribution >= 4 is 5.91 Å². The third kappa shape index (κ3) is 4.19. The van der Waals surface area contributed by atoms with Crippen LogP contribution in [-0.4, -0.2) is 25.1 Å². The van der Waals surface area contributed by atoms with Crippen molar-refractivity contribution in [1.82, 2.24) is 5.06 Å². The normalized spacial score (nSPS) is 10.6. The zero-order valence-corrected chi connectivity index (χ0v) is 11.1. The number of carbonyl (C=O) groups is 1. The molecular formula is C14H21NO2. The lowest BCUT2D eigenvalue weighted by Gasteiger charge is -2.13. The number of carbonyl (C=O) groups excluding carboxylic acids is 1. The van der Waals surface area contributed by atoms with E-state index in [-0.39, 0.29) is 5.91 Å². The summed E-state index contributed by atoms with van der Waals surface area (Å²) in [5.74, 6) is 0.547. The predicted octanol–water partition coefficient (Wildman–Crippen LogP) is 2.76. The smallest absolute Gasteiger partial charge is 0.246 e. The molecule has 0 aromatic heterocycles. The van der Waals surface area contributed by atoms with Crippen LogP contribution in [-0.2, 0) is 16.1 Å². The van der Waals surface area contributed by atoms with Gasteiger partial charge in [0.15, 0.2) is 0 Å². The van der Waals surface area contributed by atoms with E-state index < -0.39 is 0 Å². The summed E-state index contributed by atoms with van der Waals surface area (Å²) in [5.41, 5.74) is 2.52. The Morgan fingerprint density at radius 2 is 1.88 bits per heavy atom.